The van der Waals surface area contributed by atoms with Crippen LogP contribution in [0.25, 0.3) is 10.9 Å². The number of ether oxygens (including phenoxy) is 4. The minimum absolute atomic E-state index is 0.190. The van der Waals surface area contributed by atoms with E-state index in [-0.39, 0.29) is 5.04 Å². The van der Waals surface area contributed by atoms with Crippen LogP contribution in [0.2, 0.25) is 18.1 Å². The van der Waals surface area contributed by atoms with Gasteiger partial charge in [0.15, 0.2) is 19.8 Å². The topological polar surface area (TPSA) is 61.9 Å². The fraction of sp³-hybridized carbons (Fsp3) is 0.440. The summed E-state index contributed by atoms with van der Waals surface area (Å²) in [5.41, 5.74) is 1.05. The molecule has 0 bridgehead atoms. The van der Waals surface area contributed by atoms with Gasteiger partial charge in [-0.1, -0.05) is 32.5 Å². The summed E-state index contributed by atoms with van der Waals surface area (Å²) in [6.45, 7) is 12.4. The summed E-state index contributed by atoms with van der Waals surface area (Å²) in [7, 11) is 3.08. The van der Waals surface area contributed by atoms with E-state index in [0.717, 1.165) is 26.4 Å². The average Bonchev–Trinajstić information content (AvgIpc) is 3.17. The van der Waals surface area contributed by atoms with Crippen molar-refractivity contribution in [2.24, 2.45) is 0 Å². The number of H-pyrrole nitrogens is 1. The van der Waals surface area contributed by atoms with E-state index in [0.29, 0.717) is 30.5 Å². The Kier molecular flexibility index (Phi) is 7.92. The zero-order chi connectivity index (χ0) is 24.2. The summed E-state index contributed by atoms with van der Waals surface area (Å²) in [5, 5.41) is 1.28. The maximum absolute atomic E-state index is 6.22. The molecule has 8 heteroatoms. The van der Waals surface area contributed by atoms with Gasteiger partial charge in [0.1, 0.15) is 12.4 Å². The minimum Gasteiger partial charge on any atom is -0.493 e. The van der Waals surface area contributed by atoms with E-state index in [1.54, 1.807) is 33.1 Å². The second-order valence-electron chi connectivity index (χ2n) is 9.28. The lowest BCUT2D eigenvalue weighted by Gasteiger charge is -2.36. The molecule has 1 heterocycles. The molecule has 0 spiro atoms. The Bertz CT molecular complexity index is 1070. The van der Waals surface area contributed by atoms with Crippen molar-refractivity contribution in [3.63, 3.8) is 0 Å². The lowest BCUT2D eigenvalue weighted by Crippen LogP contribution is -2.41. The van der Waals surface area contributed by atoms with Crippen molar-refractivity contribution in [3.8, 4) is 23.0 Å². The van der Waals surface area contributed by atoms with E-state index < -0.39 is 8.32 Å². The van der Waals surface area contributed by atoms with Gasteiger partial charge in [-0.15, -0.1) is 0 Å². The number of rotatable bonds is 10. The summed E-state index contributed by atoms with van der Waals surface area (Å²) in [4.78, 5) is 5.41. The van der Waals surface area contributed by atoms with Crippen molar-refractivity contribution in [2.75, 3.05) is 34.5 Å². The van der Waals surface area contributed by atoms with Gasteiger partial charge >= 0.3 is 0 Å². The van der Waals surface area contributed by atoms with Crippen molar-refractivity contribution in [1.82, 2.24) is 4.98 Å². The van der Waals surface area contributed by atoms with Gasteiger partial charge in [-0.25, -0.2) is 0 Å². The first-order valence-electron chi connectivity index (χ1n) is 11.0. The highest BCUT2D eigenvalue weighted by atomic mass is 32.2. The molecule has 0 saturated heterocycles. The fourth-order valence-electron chi connectivity index (χ4n) is 3.16. The van der Waals surface area contributed by atoms with Crippen LogP contribution in [-0.2, 0) is 4.43 Å². The van der Waals surface area contributed by atoms with Crippen molar-refractivity contribution < 1.29 is 23.4 Å². The quantitative estimate of drug-likeness (QED) is 0.251. The van der Waals surface area contributed by atoms with Crippen molar-refractivity contribution >= 4 is 31.0 Å². The second-order valence-corrected chi connectivity index (χ2v) is 15.2. The maximum Gasteiger partial charge on any atom is 0.203 e. The molecule has 3 rings (SSSR count). The number of methoxy groups -OCH3 is 3. The van der Waals surface area contributed by atoms with E-state index >= 15 is 0 Å². The van der Waals surface area contributed by atoms with Crippen LogP contribution in [0.15, 0.2) is 46.3 Å². The van der Waals surface area contributed by atoms with Crippen LogP contribution in [0.4, 0.5) is 0 Å². The zero-order valence-corrected chi connectivity index (χ0v) is 22.6. The van der Waals surface area contributed by atoms with Crippen molar-refractivity contribution in [2.45, 2.75) is 48.7 Å². The Morgan fingerprint density at radius 2 is 1.58 bits per heavy atom. The number of hydrogen-bond acceptors (Lipinski definition) is 6. The first-order chi connectivity index (χ1) is 15.6. The fourth-order valence-corrected chi connectivity index (χ4v) is 5.17. The molecule has 0 aliphatic heterocycles. The molecule has 33 heavy (non-hydrogen) atoms. The van der Waals surface area contributed by atoms with Gasteiger partial charge in [-0.2, -0.15) is 0 Å². The van der Waals surface area contributed by atoms with E-state index in [9.17, 15) is 0 Å². The Hall–Kier alpha value is -2.29. The first-order valence-corrected chi connectivity index (χ1v) is 14.7. The number of aromatic nitrogens is 1. The Morgan fingerprint density at radius 1 is 0.909 bits per heavy atom. The highest BCUT2D eigenvalue weighted by Gasteiger charge is 2.36. The molecule has 1 N–H and O–H groups in total. The molecule has 0 amide bonds. The summed E-state index contributed by atoms with van der Waals surface area (Å²) in [5.74, 6) is 2.67. The maximum atomic E-state index is 6.22. The molecular formula is C25H35NO5SSi. The molecule has 0 atom stereocenters. The standard InChI is InChI=1S/C25H35NO5SSi/c1-25(2,3)33(7,8)31-12-11-30-17-9-10-20-19(13-17)23(16-26-20)32-18-14-21(27-4)24(29-6)22(15-18)28-5/h9-10,13-16,26H,11-12H2,1-8H3. The number of benzene rings is 2. The summed E-state index contributed by atoms with van der Waals surface area (Å²) in [6.07, 6.45) is 2.00. The van der Waals surface area contributed by atoms with Gasteiger partial charge in [0.2, 0.25) is 5.75 Å². The third-order valence-electron chi connectivity index (χ3n) is 6.10. The van der Waals surface area contributed by atoms with E-state index in [2.05, 4.69) is 44.9 Å². The van der Waals surface area contributed by atoms with Crippen LogP contribution in [0.3, 0.4) is 0 Å². The predicted molar refractivity (Wildman–Crippen MR) is 137 cm³/mol. The third-order valence-corrected chi connectivity index (χ3v) is 11.7. The first kappa shape index (κ1) is 25.3. The van der Waals surface area contributed by atoms with Crippen LogP contribution < -0.4 is 18.9 Å². The molecule has 0 aliphatic carbocycles. The summed E-state index contributed by atoms with van der Waals surface area (Å²) >= 11 is 1.62. The van der Waals surface area contributed by atoms with Crippen LogP contribution in [0.1, 0.15) is 20.8 Å². The van der Waals surface area contributed by atoms with E-state index in [1.807, 2.05) is 30.5 Å². The predicted octanol–water partition coefficient (Wildman–Crippen LogP) is 6.75. The van der Waals surface area contributed by atoms with Gasteiger partial charge in [0.25, 0.3) is 0 Å². The molecular weight excluding hydrogens is 454 g/mol. The largest absolute Gasteiger partial charge is 0.493 e. The highest BCUT2D eigenvalue weighted by Crippen LogP contribution is 2.44. The minimum atomic E-state index is -1.77. The zero-order valence-electron chi connectivity index (χ0n) is 20.8. The molecule has 0 aliphatic rings. The normalized spacial score (nSPS) is 12.1. The van der Waals surface area contributed by atoms with Gasteiger partial charge in [-0.05, 0) is 48.5 Å². The number of nitrogens with one attached hydrogen (secondary N) is 1. The molecule has 3 aromatic rings. The number of fused-ring (bicyclic) bond motifs is 1. The highest BCUT2D eigenvalue weighted by molar-refractivity contribution is 7.99. The molecule has 2 aromatic carbocycles. The molecule has 6 nitrogen and oxygen atoms in total. The van der Waals surface area contributed by atoms with Crippen LogP contribution in [-0.4, -0.2) is 47.8 Å². The summed E-state index contributed by atoms with van der Waals surface area (Å²) < 4.78 is 28.7. The monoisotopic (exact) mass is 489 g/mol. The molecule has 0 unspecified atom stereocenters. The second kappa shape index (κ2) is 10.3. The number of aromatic amines is 1. The molecule has 0 radical (unpaired) electrons. The van der Waals surface area contributed by atoms with Gasteiger partial charge < -0.3 is 28.4 Å². The van der Waals surface area contributed by atoms with Crippen molar-refractivity contribution in [3.05, 3.63) is 36.5 Å². The molecule has 0 saturated carbocycles. The van der Waals surface area contributed by atoms with Crippen LogP contribution in [0, 0.1) is 0 Å². The Labute approximate surface area is 202 Å². The van der Waals surface area contributed by atoms with E-state index in [1.165, 1.54) is 0 Å². The Morgan fingerprint density at radius 3 is 2.15 bits per heavy atom. The van der Waals surface area contributed by atoms with Gasteiger partial charge in [0.05, 0.1) is 27.9 Å². The lowest BCUT2D eigenvalue weighted by molar-refractivity contribution is 0.203. The van der Waals surface area contributed by atoms with E-state index in [4.69, 9.17) is 23.4 Å². The third kappa shape index (κ3) is 5.80. The van der Waals surface area contributed by atoms with Crippen molar-refractivity contribution in [1.29, 1.82) is 0 Å². The smallest absolute Gasteiger partial charge is 0.203 e. The summed E-state index contributed by atoms with van der Waals surface area (Å²) in [6, 6.07) is 9.99. The lowest BCUT2D eigenvalue weighted by atomic mass is 10.2. The SMILES string of the molecule is COc1cc(Sc2c[nH]c3ccc(OCCO[Si](C)(C)C(C)(C)C)cc23)cc(OC)c1OC. The average molecular weight is 490 g/mol. The number of hydrogen-bond donors (Lipinski definition) is 1. The molecule has 180 valence electrons. The molecule has 0 fully saturated rings. The van der Waals surface area contributed by atoms with Gasteiger partial charge in [-0.3, -0.25) is 0 Å². The van der Waals surface area contributed by atoms with Gasteiger partial charge in [0, 0.05) is 26.9 Å². The Balaban J connectivity index is 1.74. The van der Waals surface area contributed by atoms with Crippen LogP contribution >= 0.6 is 11.8 Å². The van der Waals surface area contributed by atoms with Crippen LogP contribution in [0.5, 0.6) is 23.0 Å². The molecule has 1 aromatic heterocycles.